The Kier molecular flexibility index (Phi) is 4.71. The van der Waals surface area contributed by atoms with Crippen molar-refractivity contribution in [1.82, 2.24) is 9.88 Å². The van der Waals surface area contributed by atoms with E-state index >= 15 is 0 Å². The van der Waals surface area contributed by atoms with E-state index in [4.69, 9.17) is 23.2 Å². The molecule has 2 heterocycles. The van der Waals surface area contributed by atoms with Crippen molar-refractivity contribution in [3.63, 3.8) is 0 Å². The zero-order valence-electron chi connectivity index (χ0n) is 12.0. The Morgan fingerprint density at radius 3 is 2.65 bits per heavy atom. The number of pyridine rings is 1. The van der Waals surface area contributed by atoms with E-state index in [1.165, 1.54) is 22.9 Å². The number of amidine groups is 1. The zero-order chi connectivity index (χ0) is 16.4. The second kappa shape index (κ2) is 6.74. The molecule has 2 aromatic rings. The summed E-state index contributed by atoms with van der Waals surface area (Å²) in [5, 5.41) is 1.67. The SMILES string of the molecule is CN1C(=O)/C(=C/c2ccc(Cl)cc2)SC1=Nc1ccncc1Cl. The summed E-state index contributed by atoms with van der Waals surface area (Å²) in [5.41, 5.74) is 1.48. The van der Waals surface area contributed by atoms with Crippen LogP contribution in [-0.2, 0) is 4.79 Å². The van der Waals surface area contributed by atoms with E-state index in [1.54, 1.807) is 31.4 Å². The zero-order valence-corrected chi connectivity index (χ0v) is 14.4. The van der Waals surface area contributed by atoms with Crippen molar-refractivity contribution < 1.29 is 4.79 Å². The van der Waals surface area contributed by atoms with Gasteiger partial charge in [-0.2, -0.15) is 0 Å². The first-order valence-corrected chi connectivity index (χ1v) is 8.23. The molecule has 1 aromatic carbocycles. The number of hydrogen-bond donors (Lipinski definition) is 0. The van der Waals surface area contributed by atoms with Gasteiger partial charge in [0.25, 0.3) is 5.91 Å². The number of thioether (sulfide) groups is 1. The average Bonchev–Trinajstić information content (AvgIpc) is 2.80. The van der Waals surface area contributed by atoms with Crippen molar-refractivity contribution in [3.05, 3.63) is 63.2 Å². The summed E-state index contributed by atoms with van der Waals surface area (Å²) in [4.78, 5) is 22.8. The Labute approximate surface area is 147 Å². The predicted octanol–water partition coefficient (Wildman–Crippen LogP) is 4.62. The molecule has 0 radical (unpaired) electrons. The van der Waals surface area contributed by atoms with Crippen LogP contribution in [-0.4, -0.2) is 28.0 Å². The van der Waals surface area contributed by atoms with E-state index in [1.807, 2.05) is 18.2 Å². The number of carbonyl (C=O) groups is 1. The van der Waals surface area contributed by atoms with Gasteiger partial charge in [0, 0.05) is 24.5 Å². The minimum absolute atomic E-state index is 0.103. The van der Waals surface area contributed by atoms with Crippen LogP contribution in [0.4, 0.5) is 5.69 Å². The lowest BCUT2D eigenvalue weighted by molar-refractivity contribution is -0.121. The number of carbonyl (C=O) groups excluding carboxylic acids is 1. The third-order valence-electron chi connectivity index (χ3n) is 3.14. The van der Waals surface area contributed by atoms with Crippen LogP contribution in [0.1, 0.15) is 5.56 Å². The van der Waals surface area contributed by atoms with Gasteiger partial charge in [-0.3, -0.25) is 14.7 Å². The molecule has 116 valence electrons. The minimum atomic E-state index is -0.103. The largest absolute Gasteiger partial charge is 0.290 e. The van der Waals surface area contributed by atoms with Crippen molar-refractivity contribution in [2.24, 2.45) is 4.99 Å². The van der Waals surface area contributed by atoms with Crippen molar-refractivity contribution in [1.29, 1.82) is 0 Å². The second-order valence-corrected chi connectivity index (χ2v) is 6.60. The van der Waals surface area contributed by atoms with Crippen molar-refractivity contribution in [2.45, 2.75) is 0 Å². The van der Waals surface area contributed by atoms with Gasteiger partial charge in [-0.25, -0.2) is 4.99 Å². The molecule has 0 atom stereocenters. The Morgan fingerprint density at radius 2 is 1.96 bits per heavy atom. The van der Waals surface area contributed by atoms with Crippen LogP contribution in [0.25, 0.3) is 6.08 Å². The standard InChI is InChI=1S/C16H11Cl2N3OS/c1-21-15(22)14(8-10-2-4-11(17)5-3-10)23-16(21)20-13-6-7-19-9-12(13)18/h2-9H,1H3/b14-8-,20-16?. The second-order valence-electron chi connectivity index (χ2n) is 4.75. The first-order valence-electron chi connectivity index (χ1n) is 6.66. The van der Waals surface area contributed by atoms with Crippen LogP contribution < -0.4 is 0 Å². The molecule has 1 aliphatic rings. The van der Waals surface area contributed by atoms with Gasteiger partial charge in [-0.1, -0.05) is 35.3 Å². The van der Waals surface area contributed by atoms with Crippen molar-refractivity contribution in [3.8, 4) is 0 Å². The molecule has 0 bridgehead atoms. The molecule has 1 fully saturated rings. The molecule has 1 amide bonds. The number of aliphatic imine (C=N–C) groups is 1. The van der Waals surface area contributed by atoms with E-state index in [2.05, 4.69) is 9.98 Å². The fourth-order valence-electron chi connectivity index (χ4n) is 1.92. The Balaban J connectivity index is 1.91. The summed E-state index contributed by atoms with van der Waals surface area (Å²) in [7, 11) is 1.69. The first-order chi connectivity index (χ1) is 11.0. The van der Waals surface area contributed by atoms with Gasteiger partial charge < -0.3 is 0 Å². The number of aromatic nitrogens is 1. The van der Waals surface area contributed by atoms with Gasteiger partial charge in [0.05, 0.1) is 15.6 Å². The van der Waals surface area contributed by atoms with Crippen LogP contribution in [0.2, 0.25) is 10.0 Å². The third kappa shape index (κ3) is 3.58. The molecule has 0 spiro atoms. The first kappa shape index (κ1) is 16.1. The molecule has 0 aliphatic carbocycles. The van der Waals surface area contributed by atoms with Crippen molar-refractivity contribution >= 4 is 57.8 Å². The molecule has 0 unspecified atom stereocenters. The quantitative estimate of drug-likeness (QED) is 0.731. The maximum atomic E-state index is 12.3. The number of hydrogen-bond acceptors (Lipinski definition) is 4. The number of amides is 1. The van der Waals surface area contributed by atoms with Crippen LogP contribution in [0.3, 0.4) is 0 Å². The Morgan fingerprint density at radius 1 is 1.22 bits per heavy atom. The molecule has 4 nitrogen and oxygen atoms in total. The maximum Gasteiger partial charge on any atom is 0.266 e. The summed E-state index contributed by atoms with van der Waals surface area (Å²) in [6, 6.07) is 8.99. The smallest absolute Gasteiger partial charge is 0.266 e. The summed E-state index contributed by atoms with van der Waals surface area (Å²) >= 11 is 13.2. The highest BCUT2D eigenvalue weighted by atomic mass is 35.5. The highest BCUT2D eigenvalue weighted by Crippen LogP contribution is 2.34. The summed E-state index contributed by atoms with van der Waals surface area (Å²) < 4.78 is 0. The average molecular weight is 364 g/mol. The molecule has 0 saturated carbocycles. The highest BCUT2D eigenvalue weighted by Gasteiger charge is 2.30. The number of rotatable bonds is 2. The van der Waals surface area contributed by atoms with Gasteiger partial charge in [0.15, 0.2) is 5.17 Å². The molecular formula is C16H11Cl2N3OS. The van der Waals surface area contributed by atoms with Crippen molar-refractivity contribution in [2.75, 3.05) is 7.05 Å². The number of likely N-dealkylation sites (N-methyl/N-ethyl adjacent to an activating group) is 1. The monoisotopic (exact) mass is 363 g/mol. The van der Waals surface area contributed by atoms with Gasteiger partial charge in [0.2, 0.25) is 0 Å². The molecule has 1 saturated heterocycles. The summed E-state index contributed by atoms with van der Waals surface area (Å²) in [5.74, 6) is -0.103. The lowest BCUT2D eigenvalue weighted by Gasteiger charge is -2.07. The van der Waals surface area contributed by atoms with Crippen LogP contribution in [0, 0.1) is 0 Å². The van der Waals surface area contributed by atoms with E-state index in [9.17, 15) is 4.79 Å². The van der Waals surface area contributed by atoms with Gasteiger partial charge in [-0.15, -0.1) is 0 Å². The van der Waals surface area contributed by atoms with E-state index < -0.39 is 0 Å². The number of halogens is 2. The number of benzene rings is 1. The molecule has 1 aromatic heterocycles. The Bertz CT molecular complexity index is 818. The summed E-state index contributed by atoms with van der Waals surface area (Å²) in [6.45, 7) is 0. The molecule has 1 aliphatic heterocycles. The lowest BCUT2D eigenvalue weighted by atomic mass is 10.2. The van der Waals surface area contributed by atoms with Gasteiger partial charge in [-0.05, 0) is 41.6 Å². The topological polar surface area (TPSA) is 45.6 Å². The highest BCUT2D eigenvalue weighted by molar-refractivity contribution is 8.18. The molecular weight excluding hydrogens is 353 g/mol. The third-order valence-corrected chi connectivity index (χ3v) is 4.74. The summed E-state index contributed by atoms with van der Waals surface area (Å²) in [6.07, 6.45) is 4.94. The van der Waals surface area contributed by atoms with Gasteiger partial charge in [0.1, 0.15) is 0 Å². The van der Waals surface area contributed by atoms with E-state index in [0.29, 0.717) is 25.8 Å². The molecule has 0 N–H and O–H groups in total. The van der Waals surface area contributed by atoms with Crippen LogP contribution in [0.5, 0.6) is 0 Å². The van der Waals surface area contributed by atoms with Crippen LogP contribution >= 0.6 is 35.0 Å². The van der Waals surface area contributed by atoms with E-state index in [-0.39, 0.29) is 5.91 Å². The molecule has 7 heteroatoms. The molecule has 3 rings (SSSR count). The fraction of sp³-hybridized carbons (Fsp3) is 0.0625. The van der Waals surface area contributed by atoms with Gasteiger partial charge >= 0.3 is 0 Å². The van der Waals surface area contributed by atoms with Crippen LogP contribution in [0.15, 0.2) is 52.6 Å². The minimum Gasteiger partial charge on any atom is -0.290 e. The predicted molar refractivity (Wildman–Crippen MR) is 96.1 cm³/mol. The molecule has 23 heavy (non-hydrogen) atoms. The normalized spacial score (nSPS) is 18.2. The number of nitrogens with zero attached hydrogens (tertiary/aromatic N) is 3. The Hall–Kier alpha value is -1.82. The maximum absolute atomic E-state index is 12.3. The lowest BCUT2D eigenvalue weighted by Crippen LogP contribution is -2.23. The fourth-order valence-corrected chi connectivity index (χ4v) is 3.19. The van der Waals surface area contributed by atoms with E-state index in [0.717, 1.165) is 5.56 Å².